The standard InChI is InChI=1S/C33H45FN4O6/c1-21(2)17-23-20-44-28-13-9-7-11-24(28)31(40)36-27(19-30(39)35-26(18-22(3)4)33(42)38(23)6)32(41)37(5)15-16-43-29-14-10-8-12-25(29)34/h7-14,21-23,26-27H,15-20H2,1-6H3,(H,35,39)(H,36,40)/t23-,26-,27+/m1/s1. The highest BCUT2D eigenvalue weighted by Crippen LogP contribution is 2.22. The van der Waals surface area contributed by atoms with Crippen molar-refractivity contribution in [2.75, 3.05) is 33.9 Å². The summed E-state index contributed by atoms with van der Waals surface area (Å²) in [5, 5.41) is 5.53. The third-order valence-electron chi connectivity index (χ3n) is 7.43. The summed E-state index contributed by atoms with van der Waals surface area (Å²) in [4.78, 5) is 57.1. The third-order valence-corrected chi connectivity index (χ3v) is 7.43. The van der Waals surface area contributed by atoms with E-state index in [2.05, 4.69) is 24.5 Å². The maximum atomic E-state index is 13.9. The van der Waals surface area contributed by atoms with Crippen molar-refractivity contribution in [1.29, 1.82) is 0 Å². The van der Waals surface area contributed by atoms with Gasteiger partial charge in [0.05, 0.1) is 24.6 Å². The minimum Gasteiger partial charge on any atom is -0.491 e. The molecule has 0 unspecified atom stereocenters. The van der Waals surface area contributed by atoms with Crippen LogP contribution in [0.2, 0.25) is 0 Å². The van der Waals surface area contributed by atoms with Gasteiger partial charge in [-0.25, -0.2) is 4.39 Å². The van der Waals surface area contributed by atoms with Gasteiger partial charge in [-0.2, -0.15) is 0 Å². The van der Waals surface area contributed by atoms with Crippen LogP contribution in [0, 0.1) is 17.7 Å². The number of nitrogens with zero attached hydrogens (tertiary/aromatic N) is 2. The summed E-state index contributed by atoms with van der Waals surface area (Å²) < 4.78 is 25.6. The number of amides is 4. The molecule has 0 radical (unpaired) electrons. The van der Waals surface area contributed by atoms with Crippen LogP contribution >= 0.6 is 0 Å². The van der Waals surface area contributed by atoms with Gasteiger partial charge >= 0.3 is 0 Å². The number of carbonyl (C=O) groups is 4. The Labute approximate surface area is 259 Å². The number of carbonyl (C=O) groups excluding carboxylic acids is 4. The van der Waals surface area contributed by atoms with Crippen molar-refractivity contribution in [3.63, 3.8) is 0 Å². The topological polar surface area (TPSA) is 117 Å². The Morgan fingerprint density at radius 3 is 2.36 bits per heavy atom. The Morgan fingerprint density at radius 2 is 1.68 bits per heavy atom. The number of rotatable bonds is 9. The van der Waals surface area contributed by atoms with Gasteiger partial charge in [0.1, 0.15) is 31.0 Å². The molecule has 0 aromatic heterocycles. The highest BCUT2D eigenvalue weighted by atomic mass is 19.1. The van der Waals surface area contributed by atoms with Gasteiger partial charge < -0.3 is 29.9 Å². The van der Waals surface area contributed by atoms with Gasteiger partial charge in [-0.3, -0.25) is 19.2 Å². The van der Waals surface area contributed by atoms with E-state index in [9.17, 15) is 23.6 Å². The normalized spacial score (nSPS) is 19.9. The van der Waals surface area contributed by atoms with E-state index in [1.807, 2.05) is 13.8 Å². The fraction of sp³-hybridized carbons (Fsp3) is 0.515. The molecule has 2 aromatic rings. The first-order chi connectivity index (χ1) is 20.9. The number of nitrogens with one attached hydrogen (secondary N) is 2. The SMILES string of the molecule is CC(C)C[C@@H]1COc2ccccc2C(=O)N[C@H](C(=O)N(C)CCOc2ccccc2F)CC(=O)N[C@H](CC(C)C)C(=O)N1C. The molecule has 44 heavy (non-hydrogen) atoms. The molecule has 11 heteroatoms. The molecule has 0 saturated carbocycles. The largest absolute Gasteiger partial charge is 0.491 e. The number of hydrogen-bond donors (Lipinski definition) is 2. The van der Waals surface area contributed by atoms with Gasteiger partial charge in [0.15, 0.2) is 11.6 Å². The minimum atomic E-state index is -1.25. The van der Waals surface area contributed by atoms with Crippen LogP contribution in [0.3, 0.4) is 0 Å². The Hall–Kier alpha value is -4.15. The summed E-state index contributed by atoms with van der Waals surface area (Å²) in [6, 6.07) is 10.2. The zero-order valence-corrected chi connectivity index (χ0v) is 26.5. The van der Waals surface area contributed by atoms with Crippen LogP contribution in [-0.2, 0) is 14.4 Å². The molecule has 0 saturated heterocycles. The number of fused-ring (bicyclic) bond motifs is 1. The smallest absolute Gasteiger partial charge is 0.255 e. The number of para-hydroxylation sites is 2. The lowest BCUT2D eigenvalue weighted by Gasteiger charge is -2.34. The molecule has 1 heterocycles. The number of hydrogen-bond acceptors (Lipinski definition) is 6. The number of halogens is 1. The highest BCUT2D eigenvalue weighted by Gasteiger charge is 2.33. The molecule has 240 valence electrons. The van der Waals surface area contributed by atoms with Crippen molar-refractivity contribution in [2.24, 2.45) is 11.8 Å². The molecule has 1 aliphatic heterocycles. The number of benzene rings is 2. The van der Waals surface area contributed by atoms with Crippen molar-refractivity contribution < 1.29 is 33.0 Å². The molecule has 3 atom stereocenters. The molecule has 10 nitrogen and oxygen atoms in total. The maximum absolute atomic E-state index is 13.9. The second-order valence-electron chi connectivity index (χ2n) is 12.1. The first-order valence-electron chi connectivity index (χ1n) is 15.1. The Balaban J connectivity index is 1.89. The number of ether oxygens (including phenoxy) is 2. The van der Waals surface area contributed by atoms with Crippen LogP contribution < -0.4 is 20.1 Å². The summed E-state index contributed by atoms with van der Waals surface area (Å²) in [5.74, 6) is -1.73. The van der Waals surface area contributed by atoms with E-state index in [-0.39, 0.29) is 54.9 Å². The van der Waals surface area contributed by atoms with Crippen LogP contribution in [-0.4, -0.2) is 85.4 Å². The second kappa shape index (κ2) is 16.1. The van der Waals surface area contributed by atoms with Gasteiger partial charge in [0.2, 0.25) is 17.7 Å². The maximum Gasteiger partial charge on any atom is 0.255 e. The van der Waals surface area contributed by atoms with E-state index in [4.69, 9.17) is 9.47 Å². The zero-order valence-electron chi connectivity index (χ0n) is 26.5. The van der Waals surface area contributed by atoms with E-state index >= 15 is 0 Å². The van der Waals surface area contributed by atoms with Crippen molar-refractivity contribution in [3.8, 4) is 11.5 Å². The molecular weight excluding hydrogens is 567 g/mol. The van der Waals surface area contributed by atoms with Crippen LogP contribution in [0.1, 0.15) is 57.3 Å². The van der Waals surface area contributed by atoms with Gasteiger partial charge in [-0.05, 0) is 48.9 Å². The van der Waals surface area contributed by atoms with Gasteiger partial charge in [-0.1, -0.05) is 52.0 Å². The van der Waals surface area contributed by atoms with Crippen molar-refractivity contribution in [1.82, 2.24) is 20.4 Å². The first kappa shape index (κ1) is 34.3. The van der Waals surface area contributed by atoms with Crippen molar-refractivity contribution in [3.05, 3.63) is 59.9 Å². The fourth-order valence-corrected chi connectivity index (χ4v) is 5.07. The predicted molar refractivity (Wildman–Crippen MR) is 165 cm³/mol. The second-order valence-corrected chi connectivity index (χ2v) is 12.1. The summed E-state index contributed by atoms with van der Waals surface area (Å²) in [5.41, 5.74) is 0.197. The Kier molecular flexibility index (Phi) is 12.5. The fourth-order valence-electron chi connectivity index (χ4n) is 5.07. The first-order valence-corrected chi connectivity index (χ1v) is 15.1. The van der Waals surface area contributed by atoms with Crippen molar-refractivity contribution >= 4 is 23.6 Å². The summed E-state index contributed by atoms with van der Waals surface area (Å²) >= 11 is 0. The molecule has 3 rings (SSSR count). The van der Waals surface area contributed by atoms with E-state index < -0.39 is 42.0 Å². The van der Waals surface area contributed by atoms with Crippen LogP contribution in [0.15, 0.2) is 48.5 Å². The Bertz CT molecular complexity index is 1300. The van der Waals surface area contributed by atoms with Crippen LogP contribution in [0.4, 0.5) is 4.39 Å². The van der Waals surface area contributed by atoms with E-state index in [0.29, 0.717) is 18.6 Å². The monoisotopic (exact) mass is 612 g/mol. The lowest BCUT2D eigenvalue weighted by atomic mass is 9.99. The van der Waals surface area contributed by atoms with Gasteiger partial charge in [-0.15, -0.1) is 0 Å². The molecule has 2 N–H and O–H groups in total. The molecular formula is C33H45FN4O6. The Morgan fingerprint density at radius 1 is 1.02 bits per heavy atom. The number of likely N-dealkylation sites (N-methyl/N-ethyl adjacent to an activating group) is 2. The minimum absolute atomic E-state index is 0.0123. The average molecular weight is 613 g/mol. The summed E-state index contributed by atoms with van der Waals surface area (Å²) in [6.07, 6.45) is 0.654. The molecule has 2 aromatic carbocycles. The van der Waals surface area contributed by atoms with E-state index in [0.717, 1.165) is 0 Å². The molecule has 0 spiro atoms. The summed E-state index contributed by atoms with van der Waals surface area (Å²) in [6.45, 7) is 8.22. The average Bonchev–Trinajstić information content (AvgIpc) is 2.97. The highest BCUT2D eigenvalue weighted by molar-refractivity contribution is 6.01. The van der Waals surface area contributed by atoms with Gasteiger partial charge in [0.25, 0.3) is 5.91 Å². The zero-order chi connectivity index (χ0) is 32.4. The summed E-state index contributed by atoms with van der Waals surface area (Å²) in [7, 11) is 3.21. The van der Waals surface area contributed by atoms with E-state index in [1.54, 1.807) is 48.3 Å². The van der Waals surface area contributed by atoms with E-state index in [1.165, 1.54) is 24.1 Å². The quantitative estimate of drug-likeness (QED) is 0.447. The molecule has 0 bridgehead atoms. The molecule has 0 fully saturated rings. The van der Waals surface area contributed by atoms with Gasteiger partial charge in [0, 0.05) is 14.1 Å². The van der Waals surface area contributed by atoms with Crippen LogP contribution in [0.25, 0.3) is 0 Å². The van der Waals surface area contributed by atoms with Crippen molar-refractivity contribution in [2.45, 2.75) is 65.1 Å². The lowest BCUT2D eigenvalue weighted by molar-refractivity contribution is -0.139. The predicted octanol–water partition coefficient (Wildman–Crippen LogP) is 3.65. The molecule has 4 amide bonds. The van der Waals surface area contributed by atoms with Crippen LogP contribution in [0.5, 0.6) is 11.5 Å². The third kappa shape index (κ3) is 9.68. The lowest BCUT2D eigenvalue weighted by Crippen LogP contribution is -2.55. The molecule has 0 aliphatic carbocycles. The molecule has 1 aliphatic rings.